The third-order valence-corrected chi connectivity index (χ3v) is 12.5. The van der Waals surface area contributed by atoms with E-state index in [0.717, 1.165) is 67.8 Å². The maximum Gasteiger partial charge on any atom is 0.269 e. The van der Waals surface area contributed by atoms with Gasteiger partial charge in [0.05, 0.1) is 51.1 Å². The molecule has 6 N–H and O–H groups in total. The first-order chi connectivity index (χ1) is 33.9. The number of anilines is 5. The molecule has 73 heavy (non-hydrogen) atoms. The number of hydrogen-bond acceptors (Lipinski definition) is 14. The molecule has 0 saturated heterocycles. The van der Waals surface area contributed by atoms with Gasteiger partial charge in [0.2, 0.25) is 23.6 Å². The number of amidine groups is 1. The molecule has 9 rings (SSSR count). The number of aliphatic imine (C=N–C) groups is 1. The molecule has 1 aromatic heterocycles. The summed E-state index contributed by atoms with van der Waals surface area (Å²) in [6.07, 6.45) is 3.37. The van der Waals surface area contributed by atoms with Crippen molar-refractivity contribution in [3.8, 4) is 0 Å². The molecular formula is C51H65IN10O9S2. The van der Waals surface area contributed by atoms with Gasteiger partial charge in [0, 0.05) is 85.5 Å². The number of nitrogens with two attached hydrogens (primary N) is 2. The van der Waals surface area contributed by atoms with E-state index in [1.54, 1.807) is 56.9 Å². The lowest BCUT2D eigenvalue weighted by Gasteiger charge is -2.14. The number of thioether (sulfide) groups is 1. The van der Waals surface area contributed by atoms with Gasteiger partial charge in [0.15, 0.2) is 0 Å². The smallest absolute Gasteiger partial charge is 0.269 e. The van der Waals surface area contributed by atoms with Gasteiger partial charge < -0.3 is 36.2 Å². The second kappa shape index (κ2) is 29.7. The number of hydrogen-bond donors (Lipinski definition) is 4. The number of carbonyl (C=O) groups excluding carboxylic acids is 4. The van der Waals surface area contributed by atoms with Crippen molar-refractivity contribution in [3.05, 3.63) is 138 Å². The van der Waals surface area contributed by atoms with Gasteiger partial charge in [0.25, 0.3) is 11.4 Å². The first-order valence-electron chi connectivity index (χ1n) is 22.7. The first kappa shape index (κ1) is 62.4. The molecule has 4 aliphatic heterocycles. The Bertz CT molecular complexity index is 2710. The van der Waals surface area contributed by atoms with E-state index in [1.165, 1.54) is 36.0 Å². The number of benzene rings is 4. The molecule has 0 aliphatic carbocycles. The summed E-state index contributed by atoms with van der Waals surface area (Å²) < 4.78 is 0. The zero-order valence-electron chi connectivity index (χ0n) is 41.2. The standard InChI is InChI=1S/C15H15N3OS.2C10H10N2O3.C10H12N2O.C3H7NS.C2H6O.CH4.HI/c1-2-18-12-6-5-11(8-10(12)9-14(18)19)17-15(16)13-4-3-7-20-13;2*1-2-11-9-4-3-8(12(14)15)5-7(9)6-10(11)13;1-2-12-9-4-3-8(11)5-7(9)6-10(12)13;1-3(4)5-2;1-2-3;;/h3-8H,2,9H2,1H3,(H2,16,17);2*3-5H,2,6H2,1H3;3-5H,2,6,11H2,1H3;4H,1-2H3;3H,2H2,1H3;1H4;1H. The van der Waals surface area contributed by atoms with Crippen LogP contribution in [-0.2, 0) is 44.9 Å². The van der Waals surface area contributed by atoms with Crippen LogP contribution in [-0.4, -0.2) is 88.5 Å². The molecule has 22 heteroatoms. The van der Waals surface area contributed by atoms with E-state index in [2.05, 4.69) is 4.99 Å². The van der Waals surface area contributed by atoms with Crippen molar-refractivity contribution in [2.24, 2.45) is 10.7 Å². The Morgan fingerprint density at radius 2 is 1.01 bits per heavy atom. The minimum Gasteiger partial charge on any atom is -0.399 e. The Labute approximate surface area is 451 Å². The SMILES string of the molecule is C.CCN1C(=O)Cc2cc(N)ccc21.CCN1C(=O)Cc2cc(N=C(N)c3cccs3)ccc21.CCN1C(=O)Cc2cc([N+](=O)[O-])ccc21.CCN1C(=O)Cc2cc([N+](=O)[O-])ccc21.CCO.CSC(C)=N.I. The largest absolute Gasteiger partial charge is 0.399 e. The average molecular weight is 1150 g/mol. The topological polar surface area (TPSA) is 276 Å². The molecular weight excluding hydrogens is 1090 g/mol. The number of fused-ring (bicyclic) bond motifs is 4. The monoisotopic (exact) mass is 1150 g/mol. The highest BCUT2D eigenvalue weighted by Crippen LogP contribution is 2.34. The Balaban J connectivity index is 0.000000318. The fourth-order valence-electron chi connectivity index (χ4n) is 7.81. The first-order valence-corrected chi connectivity index (χ1v) is 24.8. The molecule has 19 nitrogen and oxygen atoms in total. The number of nitrogen functional groups attached to an aromatic ring is 1. The van der Waals surface area contributed by atoms with Crippen molar-refractivity contribution < 1.29 is 34.1 Å². The zero-order chi connectivity index (χ0) is 52.5. The van der Waals surface area contributed by atoms with Gasteiger partial charge in [-0.15, -0.1) is 47.1 Å². The maximum atomic E-state index is 11.8. The number of thiophene rings is 1. The number of nitro groups is 2. The van der Waals surface area contributed by atoms with Crippen molar-refractivity contribution in [1.29, 1.82) is 5.41 Å². The van der Waals surface area contributed by atoms with Crippen LogP contribution in [0.5, 0.6) is 0 Å². The van der Waals surface area contributed by atoms with Crippen LogP contribution in [0.4, 0.5) is 45.5 Å². The van der Waals surface area contributed by atoms with E-state index in [0.29, 0.717) is 43.4 Å². The van der Waals surface area contributed by atoms with Crippen LogP contribution in [0.1, 0.15) is 76.1 Å². The molecule has 0 radical (unpaired) electrons. The number of likely N-dealkylation sites (N-methyl/N-ethyl adjacent to an activating group) is 4. The summed E-state index contributed by atoms with van der Waals surface area (Å²) >= 11 is 3.02. The van der Waals surface area contributed by atoms with Gasteiger partial charge in [-0.05, 0) is 130 Å². The minimum atomic E-state index is -0.445. The molecule has 0 spiro atoms. The number of non-ortho nitro benzene ring substituents is 2. The molecule has 5 aromatic rings. The molecule has 4 aromatic carbocycles. The number of amides is 4. The summed E-state index contributed by atoms with van der Waals surface area (Å²) in [7, 11) is 0. The molecule has 392 valence electrons. The van der Waals surface area contributed by atoms with Gasteiger partial charge in [0.1, 0.15) is 5.84 Å². The van der Waals surface area contributed by atoms with E-state index < -0.39 is 9.85 Å². The molecule has 5 heterocycles. The number of aliphatic hydroxyl groups excluding tert-OH is 1. The Hall–Kier alpha value is -6.76. The highest BCUT2D eigenvalue weighted by Gasteiger charge is 2.30. The number of rotatable bonds is 8. The van der Waals surface area contributed by atoms with E-state index in [4.69, 9.17) is 22.0 Å². The van der Waals surface area contributed by atoms with Gasteiger partial charge >= 0.3 is 0 Å². The van der Waals surface area contributed by atoms with Gasteiger partial charge in [-0.2, -0.15) is 0 Å². The van der Waals surface area contributed by atoms with Crippen LogP contribution in [0, 0.1) is 25.6 Å². The number of aliphatic hydroxyl groups is 1. The molecule has 0 unspecified atom stereocenters. The third kappa shape index (κ3) is 16.4. The van der Waals surface area contributed by atoms with Crippen molar-refractivity contribution >= 4 is 127 Å². The number of nitrogens with one attached hydrogen (secondary N) is 1. The Morgan fingerprint density at radius 1 is 0.671 bits per heavy atom. The van der Waals surface area contributed by atoms with Crippen molar-refractivity contribution in [2.75, 3.05) is 64.4 Å². The lowest BCUT2D eigenvalue weighted by Crippen LogP contribution is -2.25. The predicted molar refractivity (Wildman–Crippen MR) is 307 cm³/mol. The van der Waals surface area contributed by atoms with Gasteiger partial charge in [-0.1, -0.05) is 13.5 Å². The van der Waals surface area contributed by atoms with Crippen LogP contribution >= 0.6 is 47.1 Å². The van der Waals surface area contributed by atoms with E-state index in [9.17, 15) is 39.4 Å². The second-order valence-electron chi connectivity index (χ2n) is 15.7. The van der Waals surface area contributed by atoms with Crippen LogP contribution in [0.3, 0.4) is 0 Å². The summed E-state index contributed by atoms with van der Waals surface area (Å²) in [6, 6.07) is 24.4. The number of nitrogens with zero attached hydrogens (tertiary/aromatic N) is 7. The third-order valence-electron chi connectivity index (χ3n) is 11.0. The molecule has 0 fully saturated rings. The fourth-order valence-corrected chi connectivity index (χ4v) is 8.44. The molecule has 0 saturated carbocycles. The molecule has 4 aliphatic rings. The van der Waals surface area contributed by atoms with E-state index in [1.807, 2.05) is 87.9 Å². The lowest BCUT2D eigenvalue weighted by atomic mass is 10.1. The number of halogens is 1. The van der Waals surface area contributed by atoms with Crippen molar-refractivity contribution in [1.82, 2.24) is 0 Å². The quantitative estimate of drug-likeness (QED) is 0.0282. The van der Waals surface area contributed by atoms with Crippen LogP contribution in [0.15, 0.2) is 95.3 Å². The second-order valence-corrected chi connectivity index (χ2v) is 17.6. The van der Waals surface area contributed by atoms with Gasteiger partial charge in [-0.3, -0.25) is 44.8 Å². The van der Waals surface area contributed by atoms with E-state index >= 15 is 0 Å². The fraction of sp³-hybridized carbons (Fsp3) is 0.333. The average Bonchev–Trinajstić information content (AvgIpc) is 4.17. The van der Waals surface area contributed by atoms with Crippen LogP contribution < -0.4 is 31.1 Å². The summed E-state index contributed by atoms with van der Waals surface area (Å²) in [5.41, 5.74) is 20.4. The van der Waals surface area contributed by atoms with Crippen molar-refractivity contribution in [2.45, 2.75) is 74.7 Å². The maximum absolute atomic E-state index is 11.8. The Kier molecular flexibility index (Phi) is 25.4. The highest BCUT2D eigenvalue weighted by atomic mass is 127. The minimum absolute atomic E-state index is 0. The van der Waals surface area contributed by atoms with Crippen LogP contribution in [0.2, 0.25) is 0 Å². The summed E-state index contributed by atoms with van der Waals surface area (Å²) in [6.45, 7) is 14.1. The number of nitro benzene ring substituents is 2. The van der Waals surface area contributed by atoms with E-state index in [-0.39, 0.29) is 85.9 Å². The lowest BCUT2D eigenvalue weighted by molar-refractivity contribution is -0.385. The predicted octanol–water partition coefficient (Wildman–Crippen LogP) is 9.48. The Morgan fingerprint density at radius 3 is 1.34 bits per heavy atom. The summed E-state index contributed by atoms with van der Waals surface area (Å²) in [5.74, 6) is 0.843. The normalized spacial score (nSPS) is 13.3. The molecule has 0 bridgehead atoms. The highest BCUT2D eigenvalue weighted by molar-refractivity contribution is 14.0. The molecule has 4 amide bonds. The van der Waals surface area contributed by atoms with Crippen LogP contribution in [0.25, 0.3) is 0 Å². The zero-order valence-corrected chi connectivity index (χ0v) is 45.2. The van der Waals surface area contributed by atoms with Gasteiger partial charge in [-0.25, -0.2) is 4.99 Å². The number of carbonyl (C=O) groups is 4. The molecule has 0 atom stereocenters. The summed E-state index contributed by atoms with van der Waals surface area (Å²) in [5, 5.41) is 38.0. The van der Waals surface area contributed by atoms with Crippen molar-refractivity contribution in [3.63, 3.8) is 0 Å². The summed E-state index contributed by atoms with van der Waals surface area (Å²) in [4.78, 5) is 78.7.